The monoisotopic (exact) mass is 243 g/mol. The lowest BCUT2D eigenvalue weighted by Gasteiger charge is -2.23. The molecule has 0 aliphatic rings. The molecule has 1 rings (SSSR count). The summed E-state index contributed by atoms with van der Waals surface area (Å²) in [6, 6.07) is 4.00. The van der Waals surface area contributed by atoms with Gasteiger partial charge in [-0.2, -0.15) is 0 Å². The third kappa shape index (κ3) is 2.65. The Balaban J connectivity index is 2.96. The molecular weight excluding hydrogens is 230 g/mol. The minimum atomic E-state index is -0.351. The summed E-state index contributed by atoms with van der Waals surface area (Å²) < 4.78 is 0. The highest BCUT2D eigenvalue weighted by atomic mass is 35.5. The minimum absolute atomic E-state index is 0.128. The summed E-state index contributed by atoms with van der Waals surface area (Å²) in [5.41, 5.74) is 0.173. The average Bonchev–Trinajstić information content (AvgIpc) is 2.26. The van der Waals surface area contributed by atoms with E-state index in [1.807, 2.05) is 0 Å². The molecule has 0 saturated heterocycles. The largest absolute Gasteiger partial charge is 0.507 e. The number of rotatable bonds is 3. The summed E-state index contributed by atoms with van der Waals surface area (Å²) in [5, 5.41) is 18.9. The number of hydrogen-bond acceptors (Lipinski definition) is 3. The third-order valence-electron chi connectivity index (χ3n) is 2.44. The maximum Gasteiger partial charge on any atom is 0.257 e. The molecule has 0 fully saturated rings. The molecule has 1 aromatic rings. The highest BCUT2D eigenvalue weighted by molar-refractivity contribution is 6.30. The Labute approximate surface area is 99.1 Å². The molecule has 0 radical (unpaired) electrons. The number of aromatic hydroxyl groups is 1. The van der Waals surface area contributed by atoms with Crippen molar-refractivity contribution in [3.05, 3.63) is 28.8 Å². The molecule has 1 aromatic carbocycles. The van der Waals surface area contributed by atoms with Crippen LogP contribution in [0.2, 0.25) is 5.02 Å². The Morgan fingerprint density at radius 3 is 2.69 bits per heavy atom. The predicted octanol–water partition coefficient (Wildman–Crippen LogP) is 1.50. The summed E-state index contributed by atoms with van der Waals surface area (Å²) >= 11 is 5.67. The van der Waals surface area contributed by atoms with Crippen molar-refractivity contribution in [2.75, 3.05) is 13.7 Å². The molecule has 1 amide bonds. The van der Waals surface area contributed by atoms with Crippen LogP contribution in [0.4, 0.5) is 0 Å². The van der Waals surface area contributed by atoms with E-state index in [-0.39, 0.29) is 29.9 Å². The standard InChI is InChI=1S/C11H14ClNO3/c1-7(6-14)13(2)11(16)9-4-3-8(12)5-10(9)15/h3-5,7,14-15H,6H2,1-2H3. The van der Waals surface area contributed by atoms with Crippen LogP contribution in [0.1, 0.15) is 17.3 Å². The first-order valence-corrected chi connectivity index (χ1v) is 5.21. The van der Waals surface area contributed by atoms with Gasteiger partial charge in [-0.05, 0) is 25.1 Å². The Morgan fingerprint density at radius 2 is 2.19 bits per heavy atom. The molecule has 0 aromatic heterocycles. The minimum Gasteiger partial charge on any atom is -0.507 e. The Hall–Kier alpha value is -1.26. The zero-order valence-corrected chi connectivity index (χ0v) is 9.90. The van der Waals surface area contributed by atoms with Crippen LogP contribution in [-0.2, 0) is 0 Å². The van der Waals surface area contributed by atoms with Gasteiger partial charge in [0.25, 0.3) is 5.91 Å². The van der Waals surface area contributed by atoms with Gasteiger partial charge in [-0.1, -0.05) is 11.6 Å². The molecule has 88 valence electrons. The van der Waals surface area contributed by atoms with Gasteiger partial charge in [0.15, 0.2) is 0 Å². The highest BCUT2D eigenvalue weighted by Crippen LogP contribution is 2.23. The molecular formula is C11H14ClNO3. The molecule has 4 nitrogen and oxygen atoms in total. The van der Waals surface area contributed by atoms with Crippen LogP contribution < -0.4 is 0 Å². The maximum atomic E-state index is 11.9. The fraction of sp³-hybridized carbons (Fsp3) is 0.364. The van der Waals surface area contributed by atoms with Gasteiger partial charge in [0.1, 0.15) is 5.75 Å². The Kier molecular flexibility index (Phi) is 4.15. The predicted molar refractivity (Wildman–Crippen MR) is 61.8 cm³/mol. The second-order valence-electron chi connectivity index (χ2n) is 3.61. The van der Waals surface area contributed by atoms with E-state index in [9.17, 15) is 9.90 Å². The number of phenols is 1. The molecule has 0 heterocycles. The third-order valence-corrected chi connectivity index (χ3v) is 2.67. The lowest BCUT2D eigenvalue weighted by Crippen LogP contribution is -2.37. The van der Waals surface area contributed by atoms with Gasteiger partial charge in [0.2, 0.25) is 0 Å². The number of hydrogen-bond donors (Lipinski definition) is 2. The molecule has 0 aliphatic heterocycles. The van der Waals surface area contributed by atoms with Gasteiger partial charge in [-0.25, -0.2) is 0 Å². The highest BCUT2D eigenvalue weighted by Gasteiger charge is 2.19. The molecule has 16 heavy (non-hydrogen) atoms. The van der Waals surface area contributed by atoms with Gasteiger partial charge in [0, 0.05) is 12.1 Å². The van der Waals surface area contributed by atoms with E-state index < -0.39 is 0 Å². The normalized spacial score (nSPS) is 12.2. The van der Waals surface area contributed by atoms with Crippen LogP contribution in [0.25, 0.3) is 0 Å². The summed E-state index contributed by atoms with van der Waals surface area (Å²) in [4.78, 5) is 13.3. The number of benzene rings is 1. The molecule has 0 aliphatic carbocycles. The van der Waals surface area contributed by atoms with Crippen LogP contribution in [0.15, 0.2) is 18.2 Å². The van der Waals surface area contributed by atoms with Crippen molar-refractivity contribution in [2.45, 2.75) is 13.0 Å². The molecule has 0 saturated carbocycles. The second-order valence-corrected chi connectivity index (χ2v) is 4.05. The summed E-state index contributed by atoms with van der Waals surface area (Å²) in [5.74, 6) is -0.509. The summed E-state index contributed by atoms with van der Waals surface area (Å²) in [7, 11) is 1.57. The van der Waals surface area contributed by atoms with Crippen molar-refractivity contribution in [3.63, 3.8) is 0 Å². The fourth-order valence-electron chi connectivity index (χ4n) is 1.20. The van der Waals surface area contributed by atoms with Crippen molar-refractivity contribution in [3.8, 4) is 5.75 Å². The summed E-state index contributed by atoms with van der Waals surface area (Å²) in [6.45, 7) is 1.58. The van der Waals surface area contributed by atoms with E-state index >= 15 is 0 Å². The Bertz CT molecular complexity index is 395. The van der Waals surface area contributed by atoms with Crippen molar-refractivity contribution >= 4 is 17.5 Å². The van der Waals surface area contributed by atoms with E-state index in [0.29, 0.717) is 5.02 Å². The number of carbonyl (C=O) groups excluding carboxylic acids is 1. The van der Waals surface area contributed by atoms with Crippen LogP contribution in [0.5, 0.6) is 5.75 Å². The van der Waals surface area contributed by atoms with Crippen LogP contribution >= 0.6 is 11.6 Å². The van der Waals surface area contributed by atoms with Gasteiger partial charge < -0.3 is 15.1 Å². The van der Waals surface area contributed by atoms with E-state index in [0.717, 1.165) is 0 Å². The van der Waals surface area contributed by atoms with E-state index in [1.165, 1.54) is 23.1 Å². The Morgan fingerprint density at radius 1 is 1.56 bits per heavy atom. The SMILES string of the molecule is CC(CO)N(C)C(=O)c1ccc(Cl)cc1O. The van der Waals surface area contributed by atoms with Crippen LogP contribution in [0.3, 0.4) is 0 Å². The zero-order chi connectivity index (χ0) is 12.3. The van der Waals surface area contributed by atoms with Crippen molar-refractivity contribution in [1.29, 1.82) is 0 Å². The van der Waals surface area contributed by atoms with Gasteiger partial charge in [0.05, 0.1) is 18.2 Å². The maximum absolute atomic E-state index is 11.9. The van der Waals surface area contributed by atoms with Gasteiger partial charge in [-0.3, -0.25) is 4.79 Å². The number of aliphatic hydroxyl groups is 1. The molecule has 1 atom stereocenters. The van der Waals surface area contributed by atoms with Crippen molar-refractivity contribution in [1.82, 2.24) is 4.90 Å². The lowest BCUT2D eigenvalue weighted by molar-refractivity contribution is 0.0679. The van der Waals surface area contributed by atoms with E-state index in [2.05, 4.69) is 0 Å². The van der Waals surface area contributed by atoms with E-state index in [4.69, 9.17) is 16.7 Å². The first-order valence-electron chi connectivity index (χ1n) is 4.84. The topological polar surface area (TPSA) is 60.8 Å². The fourth-order valence-corrected chi connectivity index (χ4v) is 1.36. The molecule has 2 N–H and O–H groups in total. The molecule has 5 heteroatoms. The lowest BCUT2D eigenvalue weighted by atomic mass is 10.1. The quantitative estimate of drug-likeness (QED) is 0.846. The van der Waals surface area contributed by atoms with Crippen molar-refractivity contribution < 1.29 is 15.0 Å². The molecule has 1 unspecified atom stereocenters. The number of amides is 1. The van der Waals surface area contributed by atoms with E-state index in [1.54, 1.807) is 14.0 Å². The van der Waals surface area contributed by atoms with Crippen LogP contribution in [0, 0.1) is 0 Å². The van der Waals surface area contributed by atoms with Gasteiger partial charge >= 0.3 is 0 Å². The van der Waals surface area contributed by atoms with Crippen molar-refractivity contribution in [2.24, 2.45) is 0 Å². The molecule has 0 spiro atoms. The molecule has 0 bridgehead atoms. The number of phenolic OH excluding ortho intramolecular Hbond substituents is 1. The number of nitrogens with zero attached hydrogens (tertiary/aromatic N) is 1. The first kappa shape index (κ1) is 12.8. The zero-order valence-electron chi connectivity index (χ0n) is 9.14. The average molecular weight is 244 g/mol. The number of aliphatic hydroxyl groups excluding tert-OH is 1. The van der Waals surface area contributed by atoms with Crippen LogP contribution in [-0.4, -0.2) is 40.7 Å². The van der Waals surface area contributed by atoms with Gasteiger partial charge in [-0.15, -0.1) is 0 Å². The smallest absolute Gasteiger partial charge is 0.257 e. The second kappa shape index (κ2) is 5.18. The number of carbonyl (C=O) groups is 1. The number of halogens is 1. The summed E-state index contributed by atoms with van der Waals surface area (Å²) in [6.07, 6.45) is 0. The first-order chi connectivity index (χ1) is 7.47. The number of likely N-dealkylation sites (N-methyl/N-ethyl adjacent to an activating group) is 1.